The number of anilines is 1. The van der Waals surface area contributed by atoms with E-state index in [-0.39, 0.29) is 0 Å². The molecular weight excluding hydrogens is 238 g/mol. The van der Waals surface area contributed by atoms with Gasteiger partial charge in [0.05, 0.1) is 0 Å². The minimum absolute atomic E-state index is 0.829. The van der Waals surface area contributed by atoms with Crippen molar-refractivity contribution in [2.24, 2.45) is 0 Å². The third kappa shape index (κ3) is 1.78. The van der Waals surface area contributed by atoms with Crippen molar-refractivity contribution in [3.8, 4) is 12.3 Å². The Kier molecular flexibility index (Phi) is 2.79. The highest BCUT2D eigenvalue weighted by atomic mass is 79.9. The predicted octanol–water partition coefficient (Wildman–Crippen LogP) is 2.83. The summed E-state index contributed by atoms with van der Waals surface area (Å²) in [5, 5.41) is 0. The van der Waals surface area contributed by atoms with Crippen molar-refractivity contribution in [2.75, 3.05) is 18.0 Å². The summed E-state index contributed by atoms with van der Waals surface area (Å²) in [4.78, 5) is 2.36. The van der Waals surface area contributed by atoms with Gasteiger partial charge in [0.2, 0.25) is 0 Å². The summed E-state index contributed by atoms with van der Waals surface area (Å²) >= 11 is 3.49. The van der Waals surface area contributed by atoms with Gasteiger partial charge in [-0.3, -0.25) is 0 Å². The maximum absolute atomic E-state index is 5.27. The van der Waals surface area contributed by atoms with Crippen LogP contribution in [0.1, 0.15) is 12.0 Å². The largest absolute Gasteiger partial charge is 0.370 e. The van der Waals surface area contributed by atoms with Crippen LogP contribution in [0.2, 0.25) is 0 Å². The van der Waals surface area contributed by atoms with Gasteiger partial charge in [0.1, 0.15) is 0 Å². The zero-order valence-electron chi connectivity index (χ0n) is 7.96. The lowest BCUT2D eigenvalue weighted by Gasteiger charge is -2.17. The van der Waals surface area contributed by atoms with Crippen molar-refractivity contribution >= 4 is 21.6 Å². The Hall–Kier alpha value is -0.940. The Morgan fingerprint density at radius 3 is 3.14 bits per heavy atom. The van der Waals surface area contributed by atoms with Crippen LogP contribution in [-0.2, 0) is 6.42 Å². The molecule has 0 radical (unpaired) electrons. The van der Waals surface area contributed by atoms with E-state index >= 15 is 0 Å². The Morgan fingerprint density at radius 2 is 2.36 bits per heavy atom. The molecule has 72 valence electrons. The Morgan fingerprint density at radius 1 is 1.50 bits per heavy atom. The smallest absolute Gasteiger partial charge is 0.0400 e. The Bertz CT molecular complexity index is 378. The van der Waals surface area contributed by atoms with Gasteiger partial charge in [-0.05, 0) is 30.2 Å². The minimum Gasteiger partial charge on any atom is -0.370 e. The zero-order chi connectivity index (χ0) is 9.97. The lowest BCUT2D eigenvalue weighted by atomic mass is 10.2. The van der Waals surface area contributed by atoms with Gasteiger partial charge in [0.15, 0.2) is 0 Å². The van der Waals surface area contributed by atoms with Crippen LogP contribution in [0.25, 0.3) is 0 Å². The van der Waals surface area contributed by atoms with Gasteiger partial charge in [0, 0.05) is 29.7 Å². The van der Waals surface area contributed by atoms with E-state index in [9.17, 15) is 0 Å². The fraction of sp³-hybridized carbons (Fsp3) is 0.333. The second kappa shape index (κ2) is 4.06. The molecule has 1 aliphatic heterocycles. The molecule has 1 aliphatic rings. The van der Waals surface area contributed by atoms with E-state index in [0.717, 1.165) is 30.4 Å². The van der Waals surface area contributed by atoms with Gasteiger partial charge in [-0.2, -0.15) is 0 Å². The molecule has 2 rings (SSSR count). The van der Waals surface area contributed by atoms with E-state index in [4.69, 9.17) is 6.42 Å². The average molecular weight is 250 g/mol. The van der Waals surface area contributed by atoms with Crippen LogP contribution in [0.3, 0.4) is 0 Å². The minimum atomic E-state index is 0.829. The molecule has 14 heavy (non-hydrogen) atoms. The average Bonchev–Trinajstić information content (AvgIpc) is 2.57. The molecule has 2 heteroatoms. The van der Waals surface area contributed by atoms with Crippen LogP contribution in [0, 0.1) is 12.3 Å². The van der Waals surface area contributed by atoms with E-state index in [0.29, 0.717) is 0 Å². The first kappa shape index (κ1) is 9.61. The van der Waals surface area contributed by atoms with Crippen molar-refractivity contribution in [1.29, 1.82) is 0 Å². The third-order valence-electron chi connectivity index (χ3n) is 2.56. The maximum atomic E-state index is 5.27. The summed E-state index contributed by atoms with van der Waals surface area (Å²) in [6.07, 6.45) is 7.23. The summed E-state index contributed by atoms with van der Waals surface area (Å²) in [5.41, 5.74) is 2.78. The van der Waals surface area contributed by atoms with Gasteiger partial charge in [0.25, 0.3) is 0 Å². The molecule has 1 aromatic carbocycles. The maximum Gasteiger partial charge on any atom is 0.0400 e. The Labute approximate surface area is 93.2 Å². The van der Waals surface area contributed by atoms with Crippen LogP contribution < -0.4 is 4.90 Å². The molecule has 0 saturated heterocycles. The number of halogens is 1. The molecule has 0 saturated carbocycles. The molecule has 1 heterocycles. The molecule has 0 bridgehead atoms. The highest BCUT2D eigenvalue weighted by Crippen LogP contribution is 2.30. The molecule has 0 spiro atoms. The fourth-order valence-electron chi connectivity index (χ4n) is 1.87. The zero-order valence-corrected chi connectivity index (χ0v) is 9.55. The quantitative estimate of drug-likeness (QED) is 0.729. The summed E-state index contributed by atoms with van der Waals surface area (Å²) < 4.78 is 1.16. The highest BCUT2D eigenvalue weighted by Gasteiger charge is 2.17. The lowest BCUT2D eigenvalue weighted by Crippen LogP contribution is -2.21. The molecule has 0 fully saturated rings. The normalized spacial score (nSPS) is 13.9. The Balaban J connectivity index is 2.19. The second-order valence-corrected chi connectivity index (χ2v) is 4.38. The van der Waals surface area contributed by atoms with Gasteiger partial charge in [-0.1, -0.05) is 15.9 Å². The van der Waals surface area contributed by atoms with Crippen LogP contribution in [0.4, 0.5) is 5.69 Å². The van der Waals surface area contributed by atoms with E-state index in [1.165, 1.54) is 11.3 Å². The van der Waals surface area contributed by atoms with Crippen molar-refractivity contribution in [1.82, 2.24) is 0 Å². The van der Waals surface area contributed by atoms with Crippen molar-refractivity contribution in [2.45, 2.75) is 12.8 Å². The van der Waals surface area contributed by atoms with Gasteiger partial charge < -0.3 is 4.90 Å². The number of benzene rings is 1. The van der Waals surface area contributed by atoms with E-state index in [2.05, 4.69) is 44.9 Å². The number of nitrogens with zero attached hydrogens (tertiary/aromatic N) is 1. The van der Waals surface area contributed by atoms with Crippen LogP contribution in [-0.4, -0.2) is 13.1 Å². The summed E-state index contributed by atoms with van der Waals surface area (Å²) in [7, 11) is 0. The SMILES string of the molecule is C#CCCN1CCc2cc(Br)ccc21. The van der Waals surface area contributed by atoms with E-state index in [1.807, 2.05) is 0 Å². The van der Waals surface area contributed by atoms with Gasteiger partial charge in [-0.25, -0.2) is 0 Å². The lowest BCUT2D eigenvalue weighted by molar-refractivity contribution is 0.835. The van der Waals surface area contributed by atoms with Gasteiger partial charge >= 0.3 is 0 Å². The third-order valence-corrected chi connectivity index (χ3v) is 3.05. The van der Waals surface area contributed by atoms with Crippen LogP contribution in [0.15, 0.2) is 22.7 Å². The first-order chi connectivity index (χ1) is 6.81. The topological polar surface area (TPSA) is 3.24 Å². The number of hydrogen-bond acceptors (Lipinski definition) is 1. The van der Waals surface area contributed by atoms with Crippen molar-refractivity contribution in [3.05, 3.63) is 28.2 Å². The number of rotatable bonds is 2. The number of hydrogen-bond donors (Lipinski definition) is 0. The molecule has 0 unspecified atom stereocenters. The summed E-state index contributed by atoms with van der Waals surface area (Å²) in [5.74, 6) is 2.69. The predicted molar refractivity (Wildman–Crippen MR) is 63.5 cm³/mol. The highest BCUT2D eigenvalue weighted by molar-refractivity contribution is 9.10. The van der Waals surface area contributed by atoms with Crippen LogP contribution in [0.5, 0.6) is 0 Å². The summed E-state index contributed by atoms with van der Waals surface area (Å²) in [6.45, 7) is 2.08. The van der Waals surface area contributed by atoms with E-state index < -0.39 is 0 Å². The fourth-order valence-corrected chi connectivity index (χ4v) is 2.28. The molecule has 0 N–H and O–H groups in total. The first-order valence-corrected chi connectivity index (χ1v) is 5.57. The van der Waals surface area contributed by atoms with E-state index in [1.54, 1.807) is 0 Å². The summed E-state index contributed by atoms with van der Waals surface area (Å²) in [6, 6.07) is 6.46. The molecule has 0 aromatic heterocycles. The molecule has 1 aromatic rings. The van der Waals surface area contributed by atoms with Crippen molar-refractivity contribution < 1.29 is 0 Å². The monoisotopic (exact) mass is 249 g/mol. The van der Waals surface area contributed by atoms with Crippen molar-refractivity contribution in [3.63, 3.8) is 0 Å². The molecule has 0 aliphatic carbocycles. The molecule has 1 nitrogen and oxygen atoms in total. The number of fused-ring (bicyclic) bond motifs is 1. The first-order valence-electron chi connectivity index (χ1n) is 4.78. The van der Waals surface area contributed by atoms with Crippen LogP contribution >= 0.6 is 15.9 Å². The molecule has 0 amide bonds. The molecular formula is C12H12BrN. The van der Waals surface area contributed by atoms with Gasteiger partial charge in [-0.15, -0.1) is 12.3 Å². The number of terminal acetylenes is 1. The second-order valence-electron chi connectivity index (χ2n) is 3.46. The standard InChI is InChI=1S/C12H12BrN/c1-2-3-7-14-8-6-10-9-11(13)4-5-12(10)14/h1,4-5,9H,3,6-8H2. The molecule has 0 atom stereocenters.